The number of pyridine rings is 1. The van der Waals surface area contributed by atoms with Gasteiger partial charge in [-0.3, -0.25) is 4.98 Å². The molecule has 2 heteroatoms. The van der Waals surface area contributed by atoms with Crippen LogP contribution in [0.1, 0.15) is 26.7 Å². The zero-order valence-electron chi connectivity index (χ0n) is 16.9. The lowest BCUT2D eigenvalue weighted by Gasteiger charge is -2.11. The Bertz CT molecular complexity index is 1330. The summed E-state index contributed by atoms with van der Waals surface area (Å²) in [5.41, 5.74) is 5.51. The van der Waals surface area contributed by atoms with Gasteiger partial charge in [0.15, 0.2) is 0 Å². The Morgan fingerprint density at radius 3 is 2.43 bits per heavy atom. The van der Waals surface area contributed by atoms with Crippen LogP contribution in [-0.2, 0) is 0 Å². The van der Waals surface area contributed by atoms with Crippen molar-refractivity contribution in [2.24, 2.45) is 0 Å². The summed E-state index contributed by atoms with van der Waals surface area (Å²) in [5, 5.41) is 2.57. The highest BCUT2D eigenvalue weighted by atomic mass is 32.1. The van der Waals surface area contributed by atoms with Gasteiger partial charge in [-0.2, -0.15) is 0 Å². The van der Waals surface area contributed by atoms with Crippen LogP contribution in [0.25, 0.3) is 42.6 Å². The van der Waals surface area contributed by atoms with E-state index in [2.05, 4.69) is 77.8 Å². The number of thiophene rings is 1. The summed E-state index contributed by atoms with van der Waals surface area (Å²) in [4.78, 5) is 4.67. The second-order valence-electron chi connectivity index (χ2n) is 7.26. The number of hydrogen-bond acceptors (Lipinski definition) is 2. The summed E-state index contributed by atoms with van der Waals surface area (Å²) in [6.07, 6.45) is 1.82. The molecule has 2 heterocycles. The zero-order valence-corrected chi connectivity index (χ0v) is 16.8. The van der Waals surface area contributed by atoms with Crippen LogP contribution >= 0.6 is 11.3 Å². The number of hydrogen-bond donors (Lipinski definition) is 0. The van der Waals surface area contributed by atoms with E-state index in [4.69, 9.17) is 1.37 Å². The van der Waals surface area contributed by atoms with E-state index in [0.29, 0.717) is 0 Å². The molecule has 0 aliphatic rings. The Morgan fingerprint density at radius 1 is 0.857 bits per heavy atom. The van der Waals surface area contributed by atoms with Crippen molar-refractivity contribution in [3.63, 3.8) is 0 Å². The first-order valence-corrected chi connectivity index (χ1v) is 10.3. The number of benzene rings is 3. The normalized spacial score (nSPS) is 12.4. The van der Waals surface area contributed by atoms with Gasteiger partial charge in [-0.05, 0) is 40.8 Å². The number of nitrogens with zero attached hydrogens (tertiary/aromatic N) is 1. The lowest BCUT2D eigenvalue weighted by molar-refractivity contribution is 0.864. The molecule has 5 rings (SSSR count). The summed E-state index contributed by atoms with van der Waals surface area (Å²) in [6, 6.07) is 27.6. The molecule has 0 saturated heterocycles. The topological polar surface area (TPSA) is 12.9 Å². The third-order valence-corrected chi connectivity index (χ3v) is 6.43. The van der Waals surface area contributed by atoms with Gasteiger partial charge in [-0.1, -0.05) is 74.5 Å². The van der Waals surface area contributed by atoms with Crippen molar-refractivity contribution in [2.45, 2.75) is 19.7 Å². The summed E-state index contributed by atoms with van der Waals surface area (Å²) >= 11 is 1.82. The van der Waals surface area contributed by atoms with Gasteiger partial charge in [-0.25, -0.2) is 0 Å². The van der Waals surface area contributed by atoms with Gasteiger partial charge >= 0.3 is 0 Å². The predicted molar refractivity (Wildman–Crippen MR) is 122 cm³/mol. The van der Waals surface area contributed by atoms with Crippen LogP contribution in [0.15, 0.2) is 85.1 Å². The quantitative estimate of drug-likeness (QED) is 0.310. The molecule has 1 nitrogen and oxygen atoms in total. The van der Waals surface area contributed by atoms with Crippen LogP contribution in [0.5, 0.6) is 0 Å². The standard InChI is InChI=1S/C26H21NS/c1-17(2)19-14-15-27-23(16-19)21-13-12-20(18-8-4-3-5-9-18)25-22-10-6-7-11-24(22)28-26(21)25/h3-17H,1-2H3/i17D. The second kappa shape index (κ2) is 6.88. The van der Waals surface area contributed by atoms with E-state index in [9.17, 15) is 0 Å². The molecule has 0 N–H and O–H groups in total. The van der Waals surface area contributed by atoms with Crippen LogP contribution in [0.3, 0.4) is 0 Å². The van der Waals surface area contributed by atoms with E-state index in [1.54, 1.807) is 0 Å². The highest BCUT2D eigenvalue weighted by Gasteiger charge is 2.16. The minimum Gasteiger partial charge on any atom is -0.256 e. The zero-order chi connectivity index (χ0) is 20.0. The Kier molecular flexibility index (Phi) is 3.94. The molecule has 0 spiro atoms. The third-order valence-electron chi connectivity index (χ3n) is 5.22. The van der Waals surface area contributed by atoms with Gasteiger partial charge in [0, 0.05) is 33.3 Å². The molecule has 0 aliphatic carbocycles. The Labute approximate surface area is 170 Å². The molecule has 136 valence electrons. The van der Waals surface area contributed by atoms with Crippen molar-refractivity contribution >= 4 is 31.5 Å². The largest absolute Gasteiger partial charge is 0.256 e. The fraction of sp³-hybridized carbons (Fsp3) is 0.115. The minimum atomic E-state index is -0.652. The molecule has 0 radical (unpaired) electrons. The molecule has 0 amide bonds. The van der Waals surface area contributed by atoms with Crippen LogP contribution < -0.4 is 0 Å². The first-order valence-electron chi connectivity index (χ1n) is 9.99. The molecule has 3 aromatic carbocycles. The predicted octanol–water partition coefficient (Wildman–Crippen LogP) is 7.91. The minimum absolute atomic E-state index is 0.652. The first-order chi connectivity index (χ1) is 14.0. The van der Waals surface area contributed by atoms with Crippen LogP contribution in [-0.4, -0.2) is 4.98 Å². The third kappa shape index (κ3) is 2.81. The molecule has 0 aliphatic heterocycles. The van der Waals surface area contributed by atoms with Gasteiger partial charge in [0.1, 0.15) is 0 Å². The fourth-order valence-corrected chi connectivity index (χ4v) is 5.03. The highest BCUT2D eigenvalue weighted by molar-refractivity contribution is 7.26. The lowest BCUT2D eigenvalue weighted by Crippen LogP contribution is -1.91. The van der Waals surface area contributed by atoms with E-state index in [-0.39, 0.29) is 0 Å². The number of fused-ring (bicyclic) bond motifs is 3. The van der Waals surface area contributed by atoms with Crippen molar-refractivity contribution in [3.05, 3.63) is 90.6 Å². The van der Waals surface area contributed by atoms with E-state index >= 15 is 0 Å². The van der Waals surface area contributed by atoms with Gasteiger partial charge in [0.2, 0.25) is 0 Å². The maximum absolute atomic E-state index is 8.40. The summed E-state index contributed by atoms with van der Waals surface area (Å²) in [6.45, 7) is 3.83. The Morgan fingerprint density at radius 2 is 1.61 bits per heavy atom. The van der Waals surface area contributed by atoms with Crippen molar-refractivity contribution in [3.8, 4) is 22.4 Å². The molecule has 0 fully saturated rings. The van der Waals surface area contributed by atoms with Gasteiger partial charge in [0.25, 0.3) is 0 Å². The SMILES string of the molecule is [2H]C(C)(C)c1ccnc(-c2ccc(-c3ccccc3)c3c2sc2ccccc23)c1. The number of aromatic nitrogens is 1. The van der Waals surface area contributed by atoms with E-state index in [1.807, 2.05) is 37.4 Å². The molecule has 28 heavy (non-hydrogen) atoms. The summed E-state index contributed by atoms with van der Waals surface area (Å²) in [7, 11) is 0. The smallest absolute Gasteiger partial charge is 0.0719 e. The monoisotopic (exact) mass is 380 g/mol. The highest BCUT2D eigenvalue weighted by Crippen LogP contribution is 2.44. The molecule has 5 aromatic rings. The average molecular weight is 381 g/mol. The molecule has 0 unspecified atom stereocenters. The fourth-order valence-electron chi connectivity index (χ4n) is 3.78. The Hall–Kier alpha value is -2.97. The average Bonchev–Trinajstić information content (AvgIpc) is 3.13. The molecule has 0 bridgehead atoms. The maximum atomic E-state index is 8.40. The van der Waals surface area contributed by atoms with Gasteiger partial charge in [0.05, 0.1) is 5.69 Å². The molecular formula is C26H21NS. The first kappa shape index (κ1) is 16.0. The lowest BCUT2D eigenvalue weighted by atomic mass is 9.95. The van der Waals surface area contributed by atoms with Crippen molar-refractivity contribution in [1.82, 2.24) is 4.98 Å². The summed E-state index contributed by atoms with van der Waals surface area (Å²) in [5.74, 6) is -0.652. The second-order valence-corrected chi connectivity index (χ2v) is 8.31. The molecule has 0 atom stereocenters. The molecule has 0 saturated carbocycles. The number of rotatable bonds is 3. The van der Waals surface area contributed by atoms with Gasteiger partial charge in [-0.15, -0.1) is 11.3 Å². The van der Waals surface area contributed by atoms with E-state index in [1.165, 1.54) is 31.3 Å². The van der Waals surface area contributed by atoms with Gasteiger partial charge < -0.3 is 0 Å². The molecule has 2 aromatic heterocycles. The van der Waals surface area contributed by atoms with Crippen LogP contribution in [0.4, 0.5) is 0 Å². The van der Waals surface area contributed by atoms with E-state index in [0.717, 1.165) is 16.8 Å². The summed E-state index contributed by atoms with van der Waals surface area (Å²) < 4.78 is 10.9. The Balaban J connectivity index is 1.84. The van der Waals surface area contributed by atoms with Crippen LogP contribution in [0.2, 0.25) is 0 Å². The van der Waals surface area contributed by atoms with Crippen molar-refractivity contribution in [1.29, 1.82) is 0 Å². The maximum Gasteiger partial charge on any atom is 0.0719 e. The van der Waals surface area contributed by atoms with Crippen molar-refractivity contribution < 1.29 is 1.37 Å². The van der Waals surface area contributed by atoms with Crippen molar-refractivity contribution in [2.75, 3.05) is 0 Å². The molecular weight excluding hydrogens is 358 g/mol. The van der Waals surface area contributed by atoms with E-state index < -0.39 is 5.89 Å². The van der Waals surface area contributed by atoms with Crippen LogP contribution in [0, 0.1) is 0 Å².